The number of ether oxygens (including phenoxy) is 1. The van der Waals surface area contributed by atoms with Gasteiger partial charge in [-0.2, -0.15) is 0 Å². The lowest BCUT2D eigenvalue weighted by Crippen LogP contribution is -2.38. The van der Waals surface area contributed by atoms with Gasteiger partial charge in [-0.25, -0.2) is 4.79 Å². The Labute approximate surface area is 203 Å². The summed E-state index contributed by atoms with van der Waals surface area (Å²) in [6, 6.07) is 17.5. The van der Waals surface area contributed by atoms with E-state index in [0.29, 0.717) is 17.6 Å². The van der Waals surface area contributed by atoms with E-state index >= 15 is 0 Å². The Kier molecular flexibility index (Phi) is 11.1. The van der Waals surface area contributed by atoms with E-state index in [2.05, 4.69) is 54.7 Å². The number of benzene rings is 2. The molecular weight excluding hydrogens is 426 g/mol. The second-order valence-corrected chi connectivity index (χ2v) is 8.41. The van der Waals surface area contributed by atoms with Crippen molar-refractivity contribution < 1.29 is 14.6 Å². The second kappa shape index (κ2) is 14.0. The molecule has 1 unspecified atom stereocenters. The lowest BCUT2D eigenvalue weighted by atomic mass is 10.0. The van der Waals surface area contributed by atoms with E-state index in [1.165, 1.54) is 17.4 Å². The van der Waals surface area contributed by atoms with E-state index in [1.54, 1.807) is 31.4 Å². The van der Waals surface area contributed by atoms with Gasteiger partial charge in [0, 0.05) is 29.9 Å². The largest absolute Gasteiger partial charge is 0.497 e. The van der Waals surface area contributed by atoms with Crippen LogP contribution in [-0.4, -0.2) is 47.3 Å². The van der Waals surface area contributed by atoms with E-state index < -0.39 is 6.09 Å². The Balaban J connectivity index is 0.000000340. The summed E-state index contributed by atoms with van der Waals surface area (Å²) in [5.74, 6) is 1.39. The number of anilines is 1. The molecule has 0 fully saturated rings. The van der Waals surface area contributed by atoms with E-state index in [9.17, 15) is 4.79 Å². The van der Waals surface area contributed by atoms with Crippen LogP contribution in [0.3, 0.4) is 0 Å². The summed E-state index contributed by atoms with van der Waals surface area (Å²) in [5, 5.41) is 11.7. The summed E-state index contributed by atoms with van der Waals surface area (Å²) >= 11 is 0. The highest BCUT2D eigenvalue weighted by Crippen LogP contribution is 2.24. The number of methoxy groups -OCH3 is 1. The van der Waals surface area contributed by atoms with Crippen LogP contribution in [0.1, 0.15) is 32.8 Å². The van der Waals surface area contributed by atoms with Crippen LogP contribution in [0.15, 0.2) is 73.4 Å². The highest BCUT2D eigenvalue weighted by Gasteiger charge is 2.17. The summed E-state index contributed by atoms with van der Waals surface area (Å²) in [6.45, 7) is 12.9. The van der Waals surface area contributed by atoms with Crippen LogP contribution in [0.2, 0.25) is 0 Å². The number of carbonyl (C=O) groups is 1. The van der Waals surface area contributed by atoms with Gasteiger partial charge >= 0.3 is 6.09 Å². The van der Waals surface area contributed by atoms with Crippen molar-refractivity contribution in [1.82, 2.24) is 9.88 Å². The maximum atomic E-state index is 10.1. The molecule has 0 bridgehead atoms. The molecule has 3 aromatic rings. The van der Waals surface area contributed by atoms with Crippen molar-refractivity contribution in [2.45, 2.75) is 39.7 Å². The number of pyridine rings is 1. The molecule has 0 aliphatic rings. The smallest absolute Gasteiger partial charge is 0.409 e. The average molecular weight is 464 g/mol. The number of aromatic nitrogens is 1. The maximum Gasteiger partial charge on any atom is 0.409 e. The van der Waals surface area contributed by atoms with Gasteiger partial charge in [0.05, 0.1) is 12.6 Å². The highest BCUT2D eigenvalue weighted by molar-refractivity contribution is 5.83. The quantitative estimate of drug-likeness (QED) is 0.336. The van der Waals surface area contributed by atoms with Gasteiger partial charge in [-0.3, -0.25) is 15.2 Å². The minimum atomic E-state index is -1.04. The zero-order valence-electron chi connectivity index (χ0n) is 20.7. The number of hydrogen-bond acceptors (Lipinski definition) is 4. The van der Waals surface area contributed by atoms with Crippen molar-refractivity contribution in [1.29, 1.82) is 0 Å². The molecule has 0 saturated carbocycles. The van der Waals surface area contributed by atoms with E-state index in [1.807, 2.05) is 30.5 Å². The van der Waals surface area contributed by atoms with Crippen molar-refractivity contribution in [3.63, 3.8) is 0 Å². The Hall–Kier alpha value is -3.38. The minimum Gasteiger partial charge on any atom is -0.497 e. The normalized spacial score (nSPS) is 12.4. The molecule has 3 rings (SSSR count). The summed E-state index contributed by atoms with van der Waals surface area (Å²) in [7, 11) is 1.71. The molecule has 2 atom stereocenters. The van der Waals surface area contributed by atoms with Crippen LogP contribution in [0.4, 0.5) is 10.5 Å². The van der Waals surface area contributed by atoms with Crippen molar-refractivity contribution >= 4 is 22.7 Å². The predicted molar refractivity (Wildman–Crippen MR) is 141 cm³/mol. The summed E-state index contributed by atoms with van der Waals surface area (Å²) < 4.78 is 5.39. The first-order valence-corrected chi connectivity index (χ1v) is 11.7. The maximum absolute atomic E-state index is 10.1. The van der Waals surface area contributed by atoms with Crippen molar-refractivity contribution in [3.05, 3.63) is 79.0 Å². The van der Waals surface area contributed by atoms with Crippen molar-refractivity contribution in [2.24, 2.45) is 5.92 Å². The van der Waals surface area contributed by atoms with Crippen LogP contribution in [0, 0.1) is 5.92 Å². The highest BCUT2D eigenvalue weighted by atomic mass is 16.5. The third-order valence-electron chi connectivity index (χ3n) is 5.64. The molecule has 0 spiro atoms. The summed E-state index contributed by atoms with van der Waals surface area (Å²) in [5.41, 5.74) is 2.95. The molecule has 0 aliphatic carbocycles. The second-order valence-electron chi connectivity index (χ2n) is 8.41. The number of fused-ring (bicyclic) bond motifs is 1. The van der Waals surface area contributed by atoms with E-state index in [4.69, 9.17) is 9.84 Å². The fourth-order valence-electron chi connectivity index (χ4n) is 3.80. The van der Waals surface area contributed by atoms with Gasteiger partial charge in [0.2, 0.25) is 0 Å². The van der Waals surface area contributed by atoms with Gasteiger partial charge in [-0.1, -0.05) is 38.1 Å². The molecule has 0 saturated heterocycles. The van der Waals surface area contributed by atoms with E-state index in [0.717, 1.165) is 30.8 Å². The van der Waals surface area contributed by atoms with Gasteiger partial charge in [0.25, 0.3) is 0 Å². The Morgan fingerprint density at radius 2 is 1.94 bits per heavy atom. The zero-order valence-corrected chi connectivity index (χ0v) is 20.7. The number of rotatable bonds is 10. The summed E-state index contributed by atoms with van der Waals surface area (Å²) in [6.07, 6.45) is 5.09. The molecule has 2 aromatic carbocycles. The monoisotopic (exact) mass is 463 g/mol. The third kappa shape index (κ3) is 8.52. The predicted octanol–water partition coefficient (Wildman–Crippen LogP) is 6.49. The van der Waals surface area contributed by atoms with E-state index in [-0.39, 0.29) is 0 Å². The third-order valence-corrected chi connectivity index (χ3v) is 5.64. The van der Waals surface area contributed by atoms with Crippen molar-refractivity contribution in [2.75, 3.05) is 25.5 Å². The molecule has 6 nitrogen and oxygen atoms in total. The van der Waals surface area contributed by atoms with Gasteiger partial charge in [0.15, 0.2) is 0 Å². The topological polar surface area (TPSA) is 74.7 Å². The molecule has 6 heteroatoms. The SMILES string of the molecule is C=CC(C)CN(CCC)[C@@H](C)Cc1ccnc2ccc(OC)cc12.O=C(O)Nc1ccccc1. The summed E-state index contributed by atoms with van der Waals surface area (Å²) in [4.78, 5) is 17.1. The number of carboxylic acid groups (broad SMARTS) is 1. The van der Waals surface area contributed by atoms with Crippen molar-refractivity contribution in [3.8, 4) is 5.75 Å². The Morgan fingerprint density at radius 3 is 2.56 bits per heavy atom. The van der Waals surface area contributed by atoms with Crippen LogP contribution in [-0.2, 0) is 6.42 Å². The standard InChI is InChI=1S/C21H30N2O.C7H7NO2/c1-6-12-23(15-16(3)7-2)17(4)13-18-10-11-22-21-9-8-19(24-5)14-20(18)21;9-7(10)8-6-4-2-1-3-5-6/h7-11,14,16-17H,2,6,12-13,15H2,1,3-5H3;1-5,8H,(H,9,10)/t16?,17-;/m0./s1. The van der Waals surface area contributed by atoms with Crippen LogP contribution >= 0.6 is 0 Å². The number of hydrogen-bond donors (Lipinski definition) is 2. The molecule has 1 heterocycles. The first kappa shape index (κ1) is 26.9. The number of nitrogens with one attached hydrogen (secondary N) is 1. The number of para-hydroxylation sites is 1. The van der Waals surface area contributed by atoms with Gasteiger partial charge in [0.1, 0.15) is 5.75 Å². The molecule has 34 heavy (non-hydrogen) atoms. The fourth-order valence-corrected chi connectivity index (χ4v) is 3.80. The first-order chi connectivity index (χ1) is 16.4. The zero-order chi connectivity index (χ0) is 24.9. The molecule has 1 aromatic heterocycles. The lowest BCUT2D eigenvalue weighted by Gasteiger charge is -2.31. The van der Waals surface area contributed by atoms with Crippen LogP contribution in [0.25, 0.3) is 10.9 Å². The van der Waals surface area contributed by atoms with Gasteiger partial charge in [-0.05, 0) is 74.2 Å². The molecule has 0 radical (unpaired) electrons. The minimum absolute atomic E-state index is 0.476. The molecule has 2 N–H and O–H groups in total. The Morgan fingerprint density at radius 1 is 1.21 bits per heavy atom. The molecule has 182 valence electrons. The molecule has 1 amide bonds. The molecule has 0 aliphatic heterocycles. The lowest BCUT2D eigenvalue weighted by molar-refractivity contribution is 0.192. The first-order valence-electron chi connectivity index (χ1n) is 11.7. The fraction of sp³-hybridized carbons (Fsp3) is 0.357. The Bertz CT molecular complexity index is 1040. The van der Waals surface area contributed by atoms with Gasteiger partial charge < -0.3 is 9.84 Å². The van der Waals surface area contributed by atoms with Gasteiger partial charge in [-0.15, -0.1) is 6.58 Å². The van der Waals surface area contributed by atoms with Crippen LogP contribution in [0.5, 0.6) is 5.75 Å². The number of amides is 1. The average Bonchev–Trinajstić information content (AvgIpc) is 2.84. The molecular formula is C28H37N3O3. The number of nitrogens with zero attached hydrogens (tertiary/aromatic N) is 2. The van der Waals surface area contributed by atoms with Crippen LogP contribution < -0.4 is 10.1 Å².